The molecular formula is C72H120NO8P. The zero-order valence-electron chi connectivity index (χ0n) is 52.9. The van der Waals surface area contributed by atoms with Crippen LogP contribution in [0.5, 0.6) is 0 Å². The quantitative estimate of drug-likeness (QED) is 0.0195. The molecule has 0 N–H and O–H groups in total. The molecule has 0 radical (unpaired) electrons. The second-order valence-electron chi connectivity index (χ2n) is 22.4. The largest absolute Gasteiger partial charge is 0.756 e. The number of likely N-dealkylation sites (N-methyl/N-ethyl adjacent to an activating group) is 1. The normalized spacial score (nSPS) is 14.2. The van der Waals surface area contributed by atoms with Crippen LogP contribution in [0, 0.1) is 0 Å². The molecule has 82 heavy (non-hydrogen) atoms. The van der Waals surface area contributed by atoms with E-state index < -0.39 is 32.5 Å². The van der Waals surface area contributed by atoms with E-state index in [-0.39, 0.29) is 26.1 Å². The van der Waals surface area contributed by atoms with Gasteiger partial charge < -0.3 is 27.9 Å². The Labute approximate surface area is 503 Å². The van der Waals surface area contributed by atoms with Crippen LogP contribution >= 0.6 is 7.82 Å². The van der Waals surface area contributed by atoms with E-state index in [0.717, 1.165) is 109 Å². The van der Waals surface area contributed by atoms with Crippen molar-refractivity contribution >= 4 is 19.8 Å². The van der Waals surface area contributed by atoms with E-state index in [4.69, 9.17) is 18.5 Å². The van der Waals surface area contributed by atoms with Crippen LogP contribution in [0.1, 0.15) is 245 Å². The molecule has 0 aromatic carbocycles. The summed E-state index contributed by atoms with van der Waals surface area (Å²) in [5, 5.41) is 0. The molecule has 10 heteroatoms. The molecular weight excluding hydrogens is 1040 g/mol. The molecule has 0 fully saturated rings. The summed E-state index contributed by atoms with van der Waals surface area (Å²) in [6.07, 6.45) is 90.6. The van der Waals surface area contributed by atoms with Gasteiger partial charge in [0.05, 0.1) is 27.7 Å². The molecule has 0 amide bonds. The van der Waals surface area contributed by atoms with Crippen molar-refractivity contribution in [2.24, 2.45) is 0 Å². The summed E-state index contributed by atoms with van der Waals surface area (Å²) in [6.45, 7) is 3.96. The highest BCUT2D eigenvalue weighted by Crippen LogP contribution is 2.38. The first-order valence-corrected chi connectivity index (χ1v) is 34.0. The minimum absolute atomic E-state index is 0.0465. The van der Waals surface area contributed by atoms with Crippen molar-refractivity contribution in [2.75, 3.05) is 47.5 Å². The number of allylic oxidation sites excluding steroid dienone is 24. The molecule has 2 unspecified atom stereocenters. The Balaban J connectivity index is 4.18. The highest BCUT2D eigenvalue weighted by molar-refractivity contribution is 7.45. The van der Waals surface area contributed by atoms with Gasteiger partial charge >= 0.3 is 11.9 Å². The molecule has 0 saturated heterocycles. The summed E-state index contributed by atoms with van der Waals surface area (Å²) in [6, 6.07) is 0. The van der Waals surface area contributed by atoms with Crippen LogP contribution in [-0.4, -0.2) is 70.0 Å². The van der Waals surface area contributed by atoms with Crippen molar-refractivity contribution in [1.29, 1.82) is 0 Å². The van der Waals surface area contributed by atoms with Gasteiger partial charge in [0.1, 0.15) is 19.8 Å². The lowest BCUT2D eigenvalue weighted by atomic mass is 10.0. The maximum atomic E-state index is 12.8. The van der Waals surface area contributed by atoms with Gasteiger partial charge in [-0.25, -0.2) is 0 Å². The molecule has 0 heterocycles. The number of esters is 2. The number of quaternary nitrogens is 1. The average Bonchev–Trinajstić information content (AvgIpc) is 3.46. The second kappa shape index (κ2) is 61.5. The number of phosphoric ester groups is 1. The first-order chi connectivity index (χ1) is 40.0. The number of phosphoric acid groups is 1. The van der Waals surface area contributed by atoms with Crippen LogP contribution in [0.15, 0.2) is 146 Å². The van der Waals surface area contributed by atoms with E-state index in [2.05, 4.69) is 160 Å². The van der Waals surface area contributed by atoms with Gasteiger partial charge in [0, 0.05) is 12.8 Å². The van der Waals surface area contributed by atoms with E-state index in [1.807, 2.05) is 21.1 Å². The summed E-state index contributed by atoms with van der Waals surface area (Å²) in [7, 11) is 1.12. The highest BCUT2D eigenvalue weighted by Gasteiger charge is 2.22. The van der Waals surface area contributed by atoms with Crippen molar-refractivity contribution in [3.63, 3.8) is 0 Å². The number of nitrogens with zero attached hydrogens (tertiary/aromatic N) is 1. The predicted octanol–water partition coefficient (Wildman–Crippen LogP) is 20.4. The van der Waals surface area contributed by atoms with Gasteiger partial charge in [0.15, 0.2) is 6.10 Å². The Bertz CT molecular complexity index is 1890. The van der Waals surface area contributed by atoms with Gasteiger partial charge in [-0.3, -0.25) is 14.2 Å². The van der Waals surface area contributed by atoms with Gasteiger partial charge in [-0.15, -0.1) is 0 Å². The van der Waals surface area contributed by atoms with Crippen LogP contribution in [-0.2, 0) is 32.7 Å². The standard InChI is InChI=1S/C72H120NO8P/c1-6-8-10-12-14-16-18-20-22-24-26-28-30-32-34-35-36-37-39-40-42-44-46-48-50-52-54-56-58-60-62-64-71(74)78-68-70(69-80-82(76,77)79-67-66-73(3,4)5)81-72(75)65-63-61-59-57-55-53-51-49-47-45-43-41-38-33-31-29-27-25-23-21-19-17-15-13-11-9-7-2/h8-11,14-17,20-23,26-29,33,38,43,45,49,51,55,57,70H,6-7,12-13,18-19,24-25,30-32,34-37,39-42,44,46-48,50,52-54,56,58-69H2,1-5H3/b10-8-,11-9-,16-14-,17-15-,22-20-,23-21-,28-26-,29-27-,38-33-,45-43-,51-49-,57-55-. The average molecular weight is 1160 g/mol. The van der Waals surface area contributed by atoms with E-state index in [1.54, 1.807) is 0 Å². The monoisotopic (exact) mass is 1160 g/mol. The maximum Gasteiger partial charge on any atom is 0.306 e. The fourth-order valence-electron chi connectivity index (χ4n) is 8.43. The number of carbonyl (C=O) groups excluding carboxylic acids is 2. The minimum atomic E-state index is -4.66. The van der Waals surface area contributed by atoms with E-state index in [9.17, 15) is 19.0 Å². The van der Waals surface area contributed by atoms with E-state index in [1.165, 1.54) is 103 Å². The number of rotatable bonds is 58. The molecule has 0 aromatic rings. The molecule has 0 bridgehead atoms. The highest BCUT2D eigenvalue weighted by atomic mass is 31.2. The lowest BCUT2D eigenvalue weighted by Crippen LogP contribution is -2.37. The Morgan fingerprint density at radius 1 is 0.378 bits per heavy atom. The molecule has 0 aromatic heterocycles. The number of ether oxygens (including phenoxy) is 2. The maximum absolute atomic E-state index is 12.8. The Kier molecular flexibility index (Phi) is 58.4. The summed E-state index contributed by atoms with van der Waals surface area (Å²) in [5.41, 5.74) is 0. The summed E-state index contributed by atoms with van der Waals surface area (Å²) in [5.74, 6) is -0.889. The molecule has 0 rings (SSSR count). The molecule has 466 valence electrons. The third-order valence-electron chi connectivity index (χ3n) is 13.4. The van der Waals surface area contributed by atoms with Crippen LogP contribution in [0.25, 0.3) is 0 Å². The summed E-state index contributed by atoms with van der Waals surface area (Å²) >= 11 is 0. The van der Waals surface area contributed by atoms with Crippen molar-refractivity contribution in [2.45, 2.75) is 251 Å². The molecule has 2 atom stereocenters. The molecule has 0 spiro atoms. The Hall–Kier alpha value is -4.11. The third-order valence-corrected chi connectivity index (χ3v) is 14.3. The molecule has 0 saturated carbocycles. The SMILES string of the molecule is CC/C=C\C/C=C\C/C=C\C/C=C\C/C=C\C/C=C\C/C=C\C/C=C\CCCCC(=O)OC(COC(=O)CCCCCCCCCCCCCCCCCCCC/C=C\C/C=C\C/C=C\C/C=C\CC)COP(=O)([O-])OCC[N+](C)(C)C. The molecule has 0 aliphatic carbocycles. The fourth-order valence-corrected chi connectivity index (χ4v) is 9.16. The molecule has 9 nitrogen and oxygen atoms in total. The van der Waals surface area contributed by atoms with E-state index >= 15 is 0 Å². The van der Waals surface area contributed by atoms with Crippen molar-refractivity contribution in [3.8, 4) is 0 Å². The van der Waals surface area contributed by atoms with Gasteiger partial charge in [-0.1, -0.05) is 262 Å². The van der Waals surface area contributed by atoms with Gasteiger partial charge in [0.2, 0.25) is 0 Å². The lowest BCUT2D eigenvalue weighted by molar-refractivity contribution is -0.870. The lowest BCUT2D eigenvalue weighted by Gasteiger charge is -2.28. The summed E-state index contributed by atoms with van der Waals surface area (Å²) < 4.78 is 34.2. The predicted molar refractivity (Wildman–Crippen MR) is 350 cm³/mol. The van der Waals surface area contributed by atoms with Crippen LogP contribution in [0.4, 0.5) is 0 Å². The Morgan fingerprint density at radius 2 is 0.659 bits per heavy atom. The van der Waals surface area contributed by atoms with Gasteiger partial charge in [-0.05, 0) is 116 Å². The van der Waals surface area contributed by atoms with Crippen molar-refractivity contribution in [1.82, 2.24) is 0 Å². The van der Waals surface area contributed by atoms with E-state index in [0.29, 0.717) is 17.4 Å². The minimum Gasteiger partial charge on any atom is -0.756 e. The Morgan fingerprint density at radius 3 is 1.00 bits per heavy atom. The first kappa shape index (κ1) is 77.9. The third kappa shape index (κ3) is 65.0. The second-order valence-corrected chi connectivity index (χ2v) is 23.8. The van der Waals surface area contributed by atoms with Crippen LogP contribution < -0.4 is 4.89 Å². The topological polar surface area (TPSA) is 111 Å². The van der Waals surface area contributed by atoms with Crippen molar-refractivity contribution < 1.29 is 42.1 Å². The zero-order valence-corrected chi connectivity index (χ0v) is 53.8. The molecule has 0 aliphatic heterocycles. The number of hydrogen-bond donors (Lipinski definition) is 0. The smallest absolute Gasteiger partial charge is 0.306 e. The van der Waals surface area contributed by atoms with Gasteiger partial charge in [-0.2, -0.15) is 0 Å². The summed E-state index contributed by atoms with van der Waals surface area (Å²) in [4.78, 5) is 38.0. The number of carbonyl (C=O) groups is 2. The fraction of sp³-hybridized carbons (Fsp3) is 0.639. The van der Waals surface area contributed by atoms with Crippen molar-refractivity contribution in [3.05, 3.63) is 146 Å². The number of hydrogen-bond acceptors (Lipinski definition) is 8. The van der Waals surface area contributed by atoms with Crippen LogP contribution in [0.3, 0.4) is 0 Å². The van der Waals surface area contributed by atoms with Crippen LogP contribution in [0.2, 0.25) is 0 Å². The zero-order chi connectivity index (χ0) is 59.8. The first-order valence-electron chi connectivity index (χ1n) is 32.5. The molecule has 0 aliphatic rings. The number of unbranched alkanes of at least 4 members (excludes halogenated alkanes) is 20. The van der Waals surface area contributed by atoms with Gasteiger partial charge in [0.25, 0.3) is 7.82 Å².